The fourth-order valence-electron chi connectivity index (χ4n) is 2.17. The zero-order valence-electron chi connectivity index (χ0n) is 13.1. The van der Waals surface area contributed by atoms with E-state index in [1.807, 2.05) is 36.4 Å². The minimum Gasteiger partial charge on any atom is -0.497 e. The number of methoxy groups -OCH3 is 1. The molecule has 0 N–H and O–H groups in total. The van der Waals surface area contributed by atoms with Crippen molar-refractivity contribution in [3.8, 4) is 16.2 Å². The van der Waals surface area contributed by atoms with Crippen molar-refractivity contribution in [3.05, 3.63) is 65.3 Å². The van der Waals surface area contributed by atoms with Crippen LogP contribution in [0.4, 0.5) is 0 Å². The van der Waals surface area contributed by atoms with E-state index in [1.54, 1.807) is 25.6 Å². The molecule has 2 radical (unpaired) electrons. The third-order valence-corrected chi connectivity index (χ3v) is 4.59. The van der Waals surface area contributed by atoms with Gasteiger partial charge < -0.3 is 9.47 Å². The zero-order chi connectivity index (χ0) is 16.9. The highest BCUT2D eigenvalue weighted by atomic mass is 32.1. The Bertz CT molecular complexity index is 831. The van der Waals surface area contributed by atoms with Crippen LogP contribution >= 0.6 is 11.3 Å². The van der Waals surface area contributed by atoms with E-state index < -0.39 is 5.97 Å². The molecule has 0 saturated carbocycles. The van der Waals surface area contributed by atoms with Gasteiger partial charge in [-0.1, -0.05) is 23.7 Å². The summed E-state index contributed by atoms with van der Waals surface area (Å²) in [5.41, 5.74) is 2.32. The normalized spacial score (nSPS) is 10.4. The summed E-state index contributed by atoms with van der Waals surface area (Å²) >= 11 is 1.30. The predicted octanol–water partition coefficient (Wildman–Crippen LogP) is 2.97. The first-order valence-corrected chi connectivity index (χ1v) is 8.09. The van der Waals surface area contributed by atoms with Gasteiger partial charge in [0.25, 0.3) is 0 Å². The van der Waals surface area contributed by atoms with E-state index >= 15 is 0 Å². The molecule has 0 unspecified atom stereocenters. The van der Waals surface area contributed by atoms with Gasteiger partial charge in [-0.3, -0.25) is 4.98 Å². The van der Waals surface area contributed by atoms with Gasteiger partial charge in [-0.05, 0) is 29.8 Å². The lowest BCUT2D eigenvalue weighted by Gasteiger charge is -2.04. The molecule has 0 saturated heterocycles. The fourth-order valence-corrected chi connectivity index (χ4v) is 3.13. The SMILES string of the molecule is [B]c1cc(C(=O)OCc2ccc(OC)cc2)sc1-c1cccnc1. The van der Waals surface area contributed by atoms with E-state index in [4.69, 9.17) is 17.3 Å². The summed E-state index contributed by atoms with van der Waals surface area (Å²) in [5, 5.41) is 0. The van der Waals surface area contributed by atoms with Gasteiger partial charge in [0.15, 0.2) is 0 Å². The van der Waals surface area contributed by atoms with Crippen LogP contribution in [0.2, 0.25) is 0 Å². The van der Waals surface area contributed by atoms with Gasteiger partial charge in [-0.2, -0.15) is 0 Å². The number of hydrogen-bond donors (Lipinski definition) is 0. The van der Waals surface area contributed by atoms with Crippen molar-refractivity contribution in [1.29, 1.82) is 0 Å². The molecule has 118 valence electrons. The minimum absolute atomic E-state index is 0.197. The lowest BCUT2D eigenvalue weighted by atomic mass is 9.94. The predicted molar refractivity (Wildman–Crippen MR) is 95.1 cm³/mol. The first kappa shape index (κ1) is 16.3. The molecule has 0 aliphatic heterocycles. The molecule has 2 aromatic heterocycles. The second kappa shape index (κ2) is 7.32. The maximum atomic E-state index is 12.2. The maximum Gasteiger partial charge on any atom is 0.348 e. The summed E-state index contributed by atoms with van der Waals surface area (Å²) in [6, 6.07) is 12.7. The lowest BCUT2D eigenvalue weighted by molar-refractivity contribution is 0.0478. The summed E-state index contributed by atoms with van der Waals surface area (Å²) < 4.78 is 10.4. The highest BCUT2D eigenvalue weighted by molar-refractivity contribution is 7.18. The Kier molecular flexibility index (Phi) is 4.96. The fraction of sp³-hybridized carbons (Fsp3) is 0.111. The van der Waals surface area contributed by atoms with Gasteiger partial charge in [-0.15, -0.1) is 11.3 Å². The second-order valence-electron chi connectivity index (χ2n) is 5.06. The van der Waals surface area contributed by atoms with Gasteiger partial charge >= 0.3 is 5.97 Å². The summed E-state index contributed by atoms with van der Waals surface area (Å²) in [6.45, 7) is 0.197. The van der Waals surface area contributed by atoms with Crippen molar-refractivity contribution >= 4 is 30.6 Å². The third-order valence-electron chi connectivity index (χ3n) is 3.41. The van der Waals surface area contributed by atoms with Crippen LogP contribution < -0.4 is 10.2 Å². The topological polar surface area (TPSA) is 48.4 Å². The minimum atomic E-state index is -0.391. The molecule has 0 aliphatic rings. The number of hydrogen-bond acceptors (Lipinski definition) is 5. The van der Waals surface area contributed by atoms with Crippen LogP contribution in [0.25, 0.3) is 10.4 Å². The average molecular weight is 335 g/mol. The lowest BCUT2D eigenvalue weighted by Crippen LogP contribution is -2.05. The van der Waals surface area contributed by atoms with E-state index in [9.17, 15) is 4.79 Å². The van der Waals surface area contributed by atoms with Gasteiger partial charge in [-0.25, -0.2) is 4.79 Å². The molecule has 0 aliphatic carbocycles. The molecule has 24 heavy (non-hydrogen) atoms. The summed E-state index contributed by atoms with van der Waals surface area (Å²) in [7, 11) is 7.62. The maximum absolute atomic E-state index is 12.2. The average Bonchev–Trinajstić information content (AvgIpc) is 3.02. The van der Waals surface area contributed by atoms with Crippen molar-refractivity contribution in [3.63, 3.8) is 0 Å². The zero-order valence-corrected chi connectivity index (χ0v) is 13.9. The first-order valence-electron chi connectivity index (χ1n) is 7.27. The van der Waals surface area contributed by atoms with Gasteiger partial charge in [0, 0.05) is 22.8 Å². The molecule has 0 amide bonds. The van der Waals surface area contributed by atoms with Crippen LogP contribution in [-0.4, -0.2) is 25.9 Å². The van der Waals surface area contributed by atoms with E-state index in [0.29, 0.717) is 10.3 Å². The summed E-state index contributed by atoms with van der Waals surface area (Å²) in [4.78, 5) is 17.6. The Morgan fingerprint density at radius 2 is 2.04 bits per heavy atom. The summed E-state index contributed by atoms with van der Waals surface area (Å²) in [6.07, 6.45) is 3.41. The third kappa shape index (κ3) is 3.66. The number of carbonyl (C=O) groups is 1. The number of nitrogens with zero attached hydrogens (tertiary/aromatic N) is 1. The van der Waals surface area contributed by atoms with E-state index in [1.165, 1.54) is 11.3 Å². The van der Waals surface area contributed by atoms with Crippen LogP contribution in [0, 0.1) is 0 Å². The van der Waals surface area contributed by atoms with E-state index in [-0.39, 0.29) is 6.61 Å². The van der Waals surface area contributed by atoms with Crippen molar-refractivity contribution < 1.29 is 14.3 Å². The van der Waals surface area contributed by atoms with Crippen molar-refractivity contribution in [2.75, 3.05) is 7.11 Å². The molecule has 1 aromatic carbocycles. The Balaban J connectivity index is 1.69. The largest absolute Gasteiger partial charge is 0.497 e. The first-order chi connectivity index (χ1) is 11.7. The van der Waals surface area contributed by atoms with Gasteiger partial charge in [0.05, 0.1) is 7.11 Å². The molecule has 0 spiro atoms. The molecule has 3 aromatic rings. The molecule has 0 fully saturated rings. The number of thiophene rings is 1. The standard InChI is InChI=1S/C18H14BNO3S/c1-22-14-6-4-12(5-7-14)11-23-18(21)16-9-15(19)17(24-16)13-3-2-8-20-10-13/h2-10H,11H2,1H3. The van der Waals surface area contributed by atoms with Crippen LogP contribution in [0.1, 0.15) is 15.2 Å². The van der Waals surface area contributed by atoms with E-state index in [0.717, 1.165) is 21.8 Å². The number of rotatable bonds is 5. The number of benzene rings is 1. The quantitative estimate of drug-likeness (QED) is 0.531. The Morgan fingerprint density at radius 1 is 1.25 bits per heavy atom. The Morgan fingerprint density at radius 3 is 2.71 bits per heavy atom. The number of carbonyl (C=O) groups excluding carboxylic acids is 1. The molecule has 6 heteroatoms. The molecule has 2 heterocycles. The molecular formula is C18H14BNO3S. The highest BCUT2D eigenvalue weighted by Crippen LogP contribution is 2.25. The molecular weight excluding hydrogens is 321 g/mol. The Labute approximate surface area is 145 Å². The molecule has 3 rings (SSSR count). The Hall–Kier alpha value is -2.60. The van der Waals surface area contributed by atoms with Crippen LogP contribution in [0.15, 0.2) is 54.9 Å². The summed E-state index contributed by atoms with van der Waals surface area (Å²) in [5.74, 6) is 0.370. The molecule has 0 atom stereocenters. The molecule has 0 bridgehead atoms. The van der Waals surface area contributed by atoms with Gasteiger partial charge in [0.2, 0.25) is 0 Å². The van der Waals surface area contributed by atoms with Crippen LogP contribution in [0.3, 0.4) is 0 Å². The smallest absolute Gasteiger partial charge is 0.348 e. The second-order valence-corrected chi connectivity index (χ2v) is 6.11. The van der Waals surface area contributed by atoms with Crippen molar-refractivity contribution in [2.24, 2.45) is 0 Å². The number of ether oxygens (including phenoxy) is 2. The van der Waals surface area contributed by atoms with Crippen LogP contribution in [-0.2, 0) is 11.3 Å². The highest BCUT2D eigenvalue weighted by Gasteiger charge is 2.14. The molecule has 4 nitrogen and oxygen atoms in total. The van der Waals surface area contributed by atoms with Crippen LogP contribution in [0.5, 0.6) is 5.75 Å². The van der Waals surface area contributed by atoms with Crippen molar-refractivity contribution in [1.82, 2.24) is 4.98 Å². The van der Waals surface area contributed by atoms with E-state index in [2.05, 4.69) is 4.98 Å². The number of esters is 1. The number of aromatic nitrogens is 1. The van der Waals surface area contributed by atoms with Crippen molar-refractivity contribution in [2.45, 2.75) is 6.61 Å². The monoisotopic (exact) mass is 335 g/mol. The number of pyridine rings is 1. The van der Waals surface area contributed by atoms with Gasteiger partial charge in [0.1, 0.15) is 25.1 Å².